The van der Waals surface area contributed by atoms with Gasteiger partial charge in [-0.2, -0.15) is 0 Å². The van der Waals surface area contributed by atoms with Crippen LogP contribution in [0.4, 0.5) is 0 Å². The van der Waals surface area contributed by atoms with Gasteiger partial charge < -0.3 is 9.84 Å². The van der Waals surface area contributed by atoms with Gasteiger partial charge in [-0.05, 0) is 40.5 Å². The second-order valence-electron chi connectivity index (χ2n) is 5.22. The van der Waals surface area contributed by atoms with Crippen LogP contribution in [0.15, 0.2) is 46.1 Å². The van der Waals surface area contributed by atoms with Crippen LogP contribution in [0, 0.1) is 0 Å². The zero-order valence-electron chi connectivity index (χ0n) is 13.3. The average Bonchev–Trinajstić information content (AvgIpc) is 2.60. The SMILES string of the molecule is CCOC(=O)c1c(O)c2cc(Br)cnc2n(Cc2cccnc2)c1=O. The topological polar surface area (TPSA) is 94.3 Å². The van der Waals surface area contributed by atoms with Crippen LogP contribution < -0.4 is 5.56 Å². The monoisotopic (exact) mass is 403 g/mol. The first-order chi connectivity index (χ1) is 12.0. The third-order valence-corrected chi connectivity index (χ3v) is 4.02. The fourth-order valence-corrected chi connectivity index (χ4v) is 2.83. The van der Waals surface area contributed by atoms with E-state index in [0.717, 1.165) is 5.56 Å². The van der Waals surface area contributed by atoms with Crippen molar-refractivity contribution in [1.82, 2.24) is 14.5 Å². The normalized spacial score (nSPS) is 10.8. The number of nitrogens with zero attached hydrogens (tertiary/aromatic N) is 3. The Morgan fingerprint density at radius 1 is 1.40 bits per heavy atom. The highest BCUT2D eigenvalue weighted by Crippen LogP contribution is 2.28. The predicted octanol–water partition coefficient (Wildman–Crippen LogP) is 2.48. The number of carbonyl (C=O) groups excluding carboxylic acids is 1. The van der Waals surface area contributed by atoms with Crippen LogP contribution in [0.5, 0.6) is 5.75 Å². The average molecular weight is 404 g/mol. The van der Waals surface area contributed by atoms with Gasteiger partial charge in [-0.25, -0.2) is 9.78 Å². The van der Waals surface area contributed by atoms with Crippen LogP contribution in [0.3, 0.4) is 0 Å². The number of aromatic nitrogens is 3. The Morgan fingerprint density at radius 3 is 2.88 bits per heavy atom. The fourth-order valence-electron chi connectivity index (χ4n) is 2.50. The number of halogens is 1. The Hall–Kier alpha value is -2.74. The van der Waals surface area contributed by atoms with Gasteiger partial charge in [0.15, 0.2) is 5.56 Å². The summed E-state index contributed by atoms with van der Waals surface area (Å²) in [6.07, 6.45) is 4.76. The van der Waals surface area contributed by atoms with E-state index in [1.807, 2.05) is 0 Å². The number of ether oxygens (including phenoxy) is 1. The summed E-state index contributed by atoms with van der Waals surface area (Å²) in [6.45, 7) is 1.88. The highest BCUT2D eigenvalue weighted by molar-refractivity contribution is 9.10. The molecule has 0 saturated carbocycles. The number of pyridine rings is 3. The lowest BCUT2D eigenvalue weighted by molar-refractivity contribution is 0.0520. The molecule has 0 aliphatic carbocycles. The van der Waals surface area contributed by atoms with Crippen LogP contribution in [0.2, 0.25) is 0 Å². The summed E-state index contributed by atoms with van der Waals surface area (Å²) in [5.41, 5.74) is -0.0426. The smallest absolute Gasteiger partial charge is 0.347 e. The van der Waals surface area contributed by atoms with Crippen molar-refractivity contribution in [1.29, 1.82) is 0 Å². The summed E-state index contributed by atoms with van der Waals surface area (Å²) in [4.78, 5) is 33.3. The van der Waals surface area contributed by atoms with E-state index in [1.165, 1.54) is 10.8 Å². The summed E-state index contributed by atoms with van der Waals surface area (Å²) in [6, 6.07) is 5.15. The van der Waals surface area contributed by atoms with E-state index < -0.39 is 22.8 Å². The molecule has 25 heavy (non-hydrogen) atoms. The van der Waals surface area contributed by atoms with E-state index in [-0.39, 0.29) is 24.2 Å². The second kappa shape index (κ2) is 7.02. The quantitative estimate of drug-likeness (QED) is 0.672. The molecule has 0 amide bonds. The highest BCUT2D eigenvalue weighted by atomic mass is 79.9. The van der Waals surface area contributed by atoms with E-state index in [2.05, 4.69) is 25.9 Å². The predicted molar refractivity (Wildman–Crippen MR) is 94.7 cm³/mol. The Morgan fingerprint density at radius 2 is 2.20 bits per heavy atom. The molecule has 0 spiro atoms. The Balaban J connectivity index is 2.30. The van der Waals surface area contributed by atoms with Gasteiger partial charge in [-0.1, -0.05) is 6.07 Å². The van der Waals surface area contributed by atoms with Crippen LogP contribution in [-0.4, -0.2) is 32.2 Å². The molecule has 3 aromatic rings. The standard InChI is InChI=1S/C17H14BrN3O4/c1-2-25-17(24)13-14(22)12-6-11(18)8-20-15(12)21(16(13)23)9-10-4-3-5-19-7-10/h3-8,22H,2,9H2,1H3. The number of carbonyl (C=O) groups is 1. The maximum Gasteiger partial charge on any atom is 0.347 e. The van der Waals surface area contributed by atoms with Crippen molar-refractivity contribution >= 4 is 32.9 Å². The Labute approximate surface area is 151 Å². The molecule has 8 heteroatoms. The first-order valence-corrected chi connectivity index (χ1v) is 8.29. The fraction of sp³-hybridized carbons (Fsp3) is 0.176. The maximum absolute atomic E-state index is 12.8. The van der Waals surface area contributed by atoms with Gasteiger partial charge in [-0.15, -0.1) is 0 Å². The summed E-state index contributed by atoms with van der Waals surface area (Å²) < 4.78 is 6.85. The van der Waals surface area contributed by atoms with Crippen molar-refractivity contribution in [2.75, 3.05) is 6.61 Å². The van der Waals surface area contributed by atoms with Crippen LogP contribution >= 0.6 is 15.9 Å². The van der Waals surface area contributed by atoms with Gasteiger partial charge in [0, 0.05) is 23.1 Å². The molecular weight excluding hydrogens is 390 g/mol. The number of hydrogen-bond acceptors (Lipinski definition) is 6. The van der Waals surface area contributed by atoms with Crippen LogP contribution in [0.1, 0.15) is 22.8 Å². The molecule has 0 bridgehead atoms. The molecule has 7 nitrogen and oxygen atoms in total. The number of hydrogen-bond donors (Lipinski definition) is 1. The van der Waals surface area contributed by atoms with Gasteiger partial charge in [0.05, 0.1) is 18.5 Å². The second-order valence-corrected chi connectivity index (χ2v) is 6.14. The van der Waals surface area contributed by atoms with Gasteiger partial charge >= 0.3 is 5.97 Å². The molecule has 0 aliphatic rings. The molecule has 0 unspecified atom stereocenters. The van der Waals surface area contributed by atoms with Crippen LogP contribution in [-0.2, 0) is 11.3 Å². The molecule has 0 saturated heterocycles. The third kappa shape index (κ3) is 3.25. The molecule has 0 aromatic carbocycles. The molecule has 3 heterocycles. The lowest BCUT2D eigenvalue weighted by Gasteiger charge is -2.14. The van der Waals surface area contributed by atoms with Crippen molar-refractivity contribution in [2.45, 2.75) is 13.5 Å². The zero-order valence-corrected chi connectivity index (χ0v) is 14.9. The molecule has 3 rings (SSSR count). The molecule has 128 valence electrons. The minimum absolute atomic E-state index is 0.0924. The summed E-state index contributed by atoms with van der Waals surface area (Å²) in [5.74, 6) is -1.30. The molecular formula is C17H14BrN3O4. The molecule has 0 atom stereocenters. The number of esters is 1. The minimum Gasteiger partial charge on any atom is -0.506 e. The first-order valence-electron chi connectivity index (χ1n) is 7.50. The van der Waals surface area contributed by atoms with E-state index in [1.54, 1.807) is 37.5 Å². The van der Waals surface area contributed by atoms with E-state index >= 15 is 0 Å². The van der Waals surface area contributed by atoms with Crippen molar-refractivity contribution in [3.8, 4) is 5.75 Å². The zero-order chi connectivity index (χ0) is 18.0. The van der Waals surface area contributed by atoms with Gasteiger partial charge in [0.25, 0.3) is 5.56 Å². The van der Waals surface area contributed by atoms with Crippen molar-refractivity contribution in [3.05, 3.63) is 62.7 Å². The maximum atomic E-state index is 12.8. The van der Waals surface area contributed by atoms with E-state index in [9.17, 15) is 14.7 Å². The molecule has 3 aromatic heterocycles. The summed E-state index contributed by atoms with van der Waals surface area (Å²) in [7, 11) is 0. The molecule has 1 N–H and O–H groups in total. The lowest BCUT2D eigenvalue weighted by atomic mass is 10.1. The molecule has 0 fully saturated rings. The summed E-state index contributed by atoms with van der Waals surface area (Å²) >= 11 is 3.28. The minimum atomic E-state index is -0.869. The van der Waals surface area contributed by atoms with E-state index in [4.69, 9.17) is 4.74 Å². The van der Waals surface area contributed by atoms with Crippen molar-refractivity contribution in [3.63, 3.8) is 0 Å². The van der Waals surface area contributed by atoms with Gasteiger partial charge in [-0.3, -0.25) is 14.3 Å². The Bertz CT molecular complexity index is 1000. The number of rotatable bonds is 4. The van der Waals surface area contributed by atoms with Gasteiger partial charge in [0.2, 0.25) is 0 Å². The molecule has 0 aliphatic heterocycles. The third-order valence-electron chi connectivity index (χ3n) is 3.58. The largest absolute Gasteiger partial charge is 0.506 e. The molecule has 0 radical (unpaired) electrons. The van der Waals surface area contributed by atoms with Crippen molar-refractivity contribution < 1.29 is 14.6 Å². The van der Waals surface area contributed by atoms with Crippen molar-refractivity contribution in [2.24, 2.45) is 0 Å². The number of aromatic hydroxyl groups is 1. The van der Waals surface area contributed by atoms with Gasteiger partial charge in [0.1, 0.15) is 11.4 Å². The van der Waals surface area contributed by atoms with Crippen LogP contribution in [0.25, 0.3) is 11.0 Å². The highest BCUT2D eigenvalue weighted by Gasteiger charge is 2.24. The lowest BCUT2D eigenvalue weighted by Crippen LogP contribution is -2.29. The first kappa shape index (κ1) is 17.1. The number of fused-ring (bicyclic) bond motifs is 1. The Kier molecular flexibility index (Phi) is 4.80. The summed E-state index contributed by atoms with van der Waals surface area (Å²) in [5, 5.41) is 10.7. The van der Waals surface area contributed by atoms with E-state index in [0.29, 0.717) is 4.47 Å².